The number of nitrogens with one attached hydrogen (secondary N) is 1. The summed E-state index contributed by atoms with van der Waals surface area (Å²) in [6.07, 6.45) is 1.54. The number of hydrogen-bond donors (Lipinski definition) is 1. The molecule has 4 aromatic rings. The average Bonchev–Trinajstić information content (AvgIpc) is 3.41. The normalized spacial score (nSPS) is 10.7. The Labute approximate surface area is 167 Å². The van der Waals surface area contributed by atoms with Crippen molar-refractivity contribution in [2.75, 3.05) is 11.9 Å². The van der Waals surface area contributed by atoms with Crippen LogP contribution in [0.25, 0.3) is 23.1 Å². The van der Waals surface area contributed by atoms with Crippen LogP contribution in [0.15, 0.2) is 69.7 Å². The first-order valence-corrected chi connectivity index (χ1v) is 9.06. The molecule has 0 spiro atoms. The van der Waals surface area contributed by atoms with Crippen molar-refractivity contribution in [3.63, 3.8) is 0 Å². The Bertz CT molecular complexity index is 1130. The van der Waals surface area contributed by atoms with Crippen LogP contribution in [0.5, 0.6) is 5.75 Å². The van der Waals surface area contributed by atoms with Crippen molar-refractivity contribution in [1.82, 2.24) is 10.2 Å². The second-order valence-corrected chi connectivity index (χ2v) is 6.55. The summed E-state index contributed by atoms with van der Waals surface area (Å²) in [7, 11) is 0. The predicted octanol–water partition coefficient (Wildman–Crippen LogP) is 4.63. The highest BCUT2D eigenvalue weighted by molar-refractivity contribution is 5.92. The fourth-order valence-corrected chi connectivity index (χ4v) is 2.72. The molecule has 0 unspecified atom stereocenters. The Balaban J connectivity index is 1.41. The number of ether oxygens (including phenoxy) is 1. The Morgan fingerprint density at radius 2 is 1.86 bits per heavy atom. The van der Waals surface area contributed by atoms with Gasteiger partial charge in [-0.15, -0.1) is 10.2 Å². The van der Waals surface area contributed by atoms with E-state index in [2.05, 4.69) is 15.5 Å². The summed E-state index contributed by atoms with van der Waals surface area (Å²) in [6.45, 7) is 3.94. The molecule has 0 saturated heterocycles. The summed E-state index contributed by atoms with van der Waals surface area (Å²) in [4.78, 5) is 12.2. The maximum absolute atomic E-state index is 12.2. The van der Waals surface area contributed by atoms with Gasteiger partial charge in [-0.25, -0.2) is 0 Å². The Kier molecular flexibility index (Phi) is 5.11. The molecule has 0 aliphatic rings. The number of carbonyl (C=O) groups is 1. The van der Waals surface area contributed by atoms with E-state index in [0.29, 0.717) is 34.5 Å². The molecule has 0 atom stereocenters. The molecule has 146 valence electrons. The minimum Gasteiger partial charge on any atom is -0.484 e. The van der Waals surface area contributed by atoms with Crippen molar-refractivity contribution < 1.29 is 18.4 Å². The van der Waals surface area contributed by atoms with Gasteiger partial charge in [0.2, 0.25) is 5.89 Å². The van der Waals surface area contributed by atoms with Crippen LogP contribution in [0.3, 0.4) is 0 Å². The summed E-state index contributed by atoms with van der Waals surface area (Å²) < 4.78 is 16.5. The predicted molar refractivity (Wildman–Crippen MR) is 107 cm³/mol. The number of aromatic nitrogens is 2. The maximum Gasteiger partial charge on any atom is 0.283 e. The molecule has 0 saturated carbocycles. The number of rotatable bonds is 6. The van der Waals surface area contributed by atoms with E-state index in [1.807, 2.05) is 38.1 Å². The fraction of sp³-hybridized carbons (Fsp3) is 0.136. The van der Waals surface area contributed by atoms with Crippen molar-refractivity contribution in [2.45, 2.75) is 13.8 Å². The van der Waals surface area contributed by atoms with Gasteiger partial charge in [0.25, 0.3) is 11.8 Å². The van der Waals surface area contributed by atoms with Crippen LogP contribution >= 0.6 is 0 Å². The SMILES string of the molecule is Cc1ccc(OCC(=O)Nc2cccc(-c3nnc(-c4ccco4)o3)c2)cc1C. The molecule has 7 heteroatoms. The number of anilines is 1. The lowest BCUT2D eigenvalue weighted by atomic mass is 10.1. The molecular weight excluding hydrogens is 370 g/mol. The maximum atomic E-state index is 12.2. The van der Waals surface area contributed by atoms with Crippen LogP contribution in [0.4, 0.5) is 5.69 Å². The Hall–Kier alpha value is -3.87. The Morgan fingerprint density at radius 1 is 1.00 bits per heavy atom. The quantitative estimate of drug-likeness (QED) is 0.517. The molecule has 7 nitrogen and oxygen atoms in total. The Morgan fingerprint density at radius 3 is 2.66 bits per heavy atom. The number of amides is 1. The highest BCUT2D eigenvalue weighted by atomic mass is 16.5. The molecule has 2 heterocycles. The van der Waals surface area contributed by atoms with Crippen LogP contribution < -0.4 is 10.1 Å². The summed E-state index contributed by atoms with van der Waals surface area (Å²) in [5, 5.41) is 10.8. The molecule has 0 aliphatic heterocycles. The molecule has 1 amide bonds. The topological polar surface area (TPSA) is 90.4 Å². The molecule has 0 fully saturated rings. The van der Waals surface area contributed by atoms with Crippen molar-refractivity contribution in [3.8, 4) is 28.9 Å². The minimum atomic E-state index is -0.262. The lowest BCUT2D eigenvalue weighted by molar-refractivity contribution is -0.118. The lowest BCUT2D eigenvalue weighted by Crippen LogP contribution is -2.20. The smallest absolute Gasteiger partial charge is 0.283 e. The molecule has 29 heavy (non-hydrogen) atoms. The first-order chi connectivity index (χ1) is 14.1. The van der Waals surface area contributed by atoms with Gasteiger partial charge in [-0.2, -0.15) is 0 Å². The third-order valence-electron chi connectivity index (χ3n) is 4.40. The molecule has 2 aromatic heterocycles. The van der Waals surface area contributed by atoms with E-state index in [9.17, 15) is 4.79 Å². The van der Waals surface area contributed by atoms with E-state index in [4.69, 9.17) is 13.6 Å². The molecule has 4 rings (SSSR count). The van der Waals surface area contributed by atoms with Gasteiger partial charge in [0.1, 0.15) is 5.75 Å². The second kappa shape index (κ2) is 8.02. The zero-order valence-corrected chi connectivity index (χ0v) is 16.0. The van der Waals surface area contributed by atoms with Gasteiger partial charge in [0.05, 0.1) is 6.26 Å². The van der Waals surface area contributed by atoms with Crippen LogP contribution in [-0.2, 0) is 4.79 Å². The molecular formula is C22H19N3O4. The van der Waals surface area contributed by atoms with Gasteiger partial charge in [0, 0.05) is 11.3 Å². The third-order valence-corrected chi connectivity index (χ3v) is 4.40. The highest BCUT2D eigenvalue weighted by Gasteiger charge is 2.13. The molecule has 0 aliphatic carbocycles. The van der Waals surface area contributed by atoms with Crippen LogP contribution in [0.1, 0.15) is 11.1 Å². The molecule has 0 radical (unpaired) electrons. The summed E-state index contributed by atoms with van der Waals surface area (Å²) in [5.74, 6) is 1.52. The number of furan rings is 1. The van der Waals surface area contributed by atoms with Crippen LogP contribution in [0.2, 0.25) is 0 Å². The zero-order chi connectivity index (χ0) is 20.2. The van der Waals surface area contributed by atoms with E-state index in [1.165, 1.54) is 11.8 Å². The first-order valence-electron chi connectivity index (χ1n) is 9.06. The molecule has 0 bridgehead atoms. The largest absolute Gasteiger partial charge is 0.484 e. The molecule has 1 N–H and O–H groups in total. The van der Waals surface area contributed by atoms with Gasteiger partial charge in [-0.1, -0.05) is 12.1 Å². The average molecular weight is 389 g/mol. The van der Waals surface area contributed by atoms with Crippen molar-refractivity contribution in [3.05, 3.63) is 72.0 Å². The minimum absolute atomic E-state index is 0.0874. The van der Waals surface area contributed by atoms with Crippen molar-refractivity contribution in [1.29, 1.82) is 0 Å². The van der Waals surface area contributed by atoms with Crippen molar-refractivity contribution >= 4 is 11.6 Å². The summed E-state index contributed by atoms with van der Waals surface area (Å²) in [5.41, 5.74) is 3.58. The van der Waals surface area contributed by atoms with E-state index < -0.39 is 0 Å². The number of carbonyl (C=O) groups excluding carboxylic acids is 1. The van der Waals surface area contributed by atoms with Gasteiger partial charge in [-0.05, 0) is 67.4 Å². The number of hydrogen-bond acceptors (Lipinski definition) is 6. The van der Waals surface area contributed by atoms with E-state index >= 15 is 0 Å². The highest BCUT2D eigenvalue weighted by Crippen LogP contribution is 2.26. The van der Waals surface area contributed by atoms with E-state index in [0.717, 1.165) is 5.56 Å². The van der Waals surface area contributed by atoms with Crippen molar-refractivity contribution in [2.24, 2.45) is 0 Å². The summed E-state index contributed by atoms with van der Waals surface area (Å²) in [6, 6.07) is 16.4. The monoisotopic (exact) mass is 389 g/mol. The van der Waals surface area contributed by atoms with Crippen LogP contribution in [0, 0.1) is 13.8 Å². The van der Waals surface area contributed by atoms with Gasteiger partial charge < -0.3 is 18.9 Å². The van der Waals surface area contributed by atoms with Gasteiger partial charge in [0.15, 0.2) is 12.4 Å². The molecule has 2 aromatic carbocycles. The summed E-state index contributed by atoms with van der Waals surface area (Å²) >= 11 is 0. The lowest BCUT2D eigenvalue weighted by Gasteiger charge is -2.09. The van der Waals surface area contributed by atoms with Gasteiger partial charge in [-0.3, -0.25) is 4.79 Å². The van der Waals surface area contributed by atoms with Crippen LogP contribution in [-0.4, -0.2) is 22.7 Å². The standard InChI is InChI=1S/C22H19N3O4/c1-14-8-9-18(11-15(14)2)28-13-20(26)23-17-6-3-5-16(12-17)21-24-25-22(29-21)19-7-4-10-27-19/h3-12H,13H2,1-2H3,(H,23,26). The first kappa shape index (κ1) is 18.5. The second-order valence-electron chi connectivity index (χ2n) is 6.55. The van der Waals surface area contributed by atoms with Gasteiger partial charge >= 0.3 is 0 Å². The number of aryl methyl sites for hydroxylation is 2. The van der Waals surface area contributed by atoms with E-state index in [-0.39, 0.29) is 12.5 Å². The fourth-order valence-electron chi connectivity index (χ4n) is 2.72. The zero-order valence-electron chi connectivity index (χ0n) is 16.0. The number of benzene rings is 2. The number of nitrogens with zero attached hydrogens (tertiary/aromatic N) is 2. The third kappa shape index (κ3) is 4.35. The van der Waals surface area contributed by atoms with E-state index in [1.54, 1.807) is 30.3 Å².